The van der Waals surface area contributed by atoms with Crippen molar-refractivity contribution in [2.24, 2.45) is 11.8 Å². The third kappa shape index (κ3) is 8.38. The summed E-state index contributed by atoms with van der Waals surface area (Å²) in [7, 11) is 3.05. The molecule has 0 radical (unpaired) electrons. The van der Waals surface area contributed by atoms with E-state index in [4.69, 9.17) is 23.7 Å². The summed E-state index contributed by atoms with van der Waals surface area (Å²) in [6.45, 7) is 7.01. The molecule has 0 aromatic carbocycles. The van der Waals surface area contributed by atoms with E-state index in [2.05, 4.69) is 24.1 Å². The number of hydrogen-bond acceptors (Lipinski definition) is 9. The topological polar surface area (TPSA) is 122 Å². The van der Waals surface area contributed by atoms with Gasteiger partial charge in [0.15, 0.2) is 17.2 Å². The fourth-order valence-corrected chi connectivity index (χ4v) is 4.24. The minimum Gasteiger partial charge on any atom is -0.493 e. The number of carbonyl (C=O) groups is 3. The van der Waals surface area contributed by atoms with Gasteiger partial charge in [-0.1, -0.05) is 26.7 Å². The Kier molecular flexibility index (Phi) is 11.2. The van der Waals surface area contributed by atoms with Crippen molar-refractivity contribution in [1.29, 1.82) is 0 Å². The van der Waals surface area contributed by atoms with Crippen LogP contribution in [0.15, 0.2) is 12.3 Å². The first-order valence-electron chi connectivity index (χ1n) is 12.0. The van der Waals surface area contributed by atoms with Crippen LogP contribution in [0.1, 0.15) is 70.3 Å². The van der Waals surface area contributed by atoms with Crippen molar-refractivity contribution in [2.45, 2.75) is 78.0 Å². The number of nitrogens with one attached hydrogen (secondary N) is 1. The molecule has 0 aliphatic carbocycles. The van der Waals surface area contributed by atoms with Crippen molar-refractivity contribution in [3.8, 4) is 11.5 Å². The van der Waals surface area contributed by atoms with Crippen molar-refractivity contribution in [3.63, 3.8) is 0 Å². The van der Waals surface area contributed by atoms with Gasteiger partial charge in [0, 0.05) is 26.3 Å². The molecule has 2 rings (SSSR count). The molecule has 1 aromatic rings. The molecule has 1 saturated heterocycles. The molecule has 1 amide bonds. The molecule has 4 unspecified atom stereocenters. The Balaban J connectivity index is 2.18. The van der Waals surface area contributed by atoms with Gasteiger partial charge in [0.1, 0.15) is 12.1 Å². The molecule has 0 spiro atoms. The number of cyclic esters (lactones) is 1. The lowest BCUT2D eigenvalue weighted by molar-refractivity contribution is -0.159. The van der Waals surface area contributed by atoms with E-state index in [1.807, 2.05) is 6.92 Å². The van der Waals surface area contributed by atoms with E-state index in [1.54, 1.807) is 7.11 Å². The number of aromatic nitrogens is 1. The maximum absolute atomic E-state index is 13.1. The molecule has 0 bridgehead atoms. The molecule has 0 saturated carbocycles. The lowest BCUT2D eigenvalue weighted by Gasteiger charge is -2.30. The molecule has 1 aliphatic rings. The number of esters is 2. The number of nitrogens with zero attached hydrogens (tertiary/aromatic N) is 1. The van der Waals surface area contributed by atoms with E-state index in [1.165, 1.54) is 26.3 Å². The summed E-state index contributed by atoms with van der Waals surface area (Å²) in [6, 6.07) is 0.651. The summed E-state index contributed by atoms with van der Waals surface area (Å²) >= 11 is 0. The van der Waals surface area contributed by atoms with E-state index >= 15 is 0 Å². The molecule has 2 heterocycles. The Bertz CT molecular complexity index is 860. The van der Waals surface area contributed by atoms with Crippen LogP contribution >= 0.6 is 0 Å². The zero-order valence-electron chi connectivity index (χ0n) is 21.5. The molecule has 4 atom stereocenters. The summed E-state index contributed by atoms with van der Waals surface area (Å²) in [4.78, 5) is 41.3. The highest BCUT2D eigenvalue weighted by Crippen LogP contribution is 2.31. The number of carbonyl (C=O) groups excluding carboxylic acids is 3. The van der Waals surface area contributed by atoms with Crippen LogP contribution in [0.4, 0.5) is 0 Å². The second kappa shape index (κ2) is 13.9. The summed E-state index contributed by atoms with van der Waals surface area (Å²) in [5, 5.41) is 2.73. The van der Waals surface area contributed by atoms with E-state index in [0.29, 0.717) is 12.3 Å². The van der Waals surface area contributed by atoms with Gasteiger partial charge in [0.2, 0.25) is 6.79 Å². The second-order valence-electron chi connectivity index (χ2n) is 9.12. The minimum atomic E-state index is -0.861. The fraction of sp³-hybridized carbons (Fsp3) is 0.680. The van der Waals surface area contributed by atoms with Gasteiger partial charge in [-0.05, 0) is 38.0 Å². The number of ether oxygens (including phenoxy) is 5. The first-order chi connectivity index (χ1) is 16.7. The molecule has 35 heavy (non-hydrogen) atoms. The molecule has 1 aromatic heterocycles. The van der Waals surface area contributed by atoms with Gasteiger partial charge in [-0.15, -0.1) is 0 Å². The van der Waals surface area contributed by atoms with E-state index in [-0.39, 0.29) is 29.2 Å². The van der Waals surface area contributed by atoms with Crippen LogP contribution in [-0.4, -0.2) is 62.1 Å². The van der Waals surface area contributed by atoms with Gasteiger partial charge in [0.05, 0.1) is 13.2 Å². The molecule has 1 fully saturated rings. The van der Waals surface area contributed by atoms with Crippen LogP contribution in [0.25, 0.3) is 0 Å². The number of rotatable bonds is 10. The predicted octanol–water partition coefficient (Wildman–Crippen LogP) is 3.27. The predicted molar refractivity (Wildman–Crippen MR) is 127 cm³/mol. The quantitative estimate of drug-likeness (QED) is 0.386. The Morgan fingerprint density at radius 2 is 2.00 bits per heavy atom. The summed E-state index contributed by atoms with van der Waals surface area (Å²) < 4.78 is 27.0. The van der Waals surface area contributed by atoms with Crippen molar-refractivity contribution in [2.75, 3.05) is 21.0 Å². The normalized spacial score (nSPS) is 22.9. The average molecular weight is 495 g/mol. The third-order valence-corrected chi connectivity index (χ3v) is 6.04. The molecule has 196 valence electrons. The zero-order valence-corrected chi connectivity index (χ0v) is 21.5. The Morgan fingerprint density at radius 3 is 2.63 bits per heavy atom. The third-order valence-electron chi connectivity index (χ3n) is 6.04. The minimum absolute atomic E-state index is 0.00625. The van der Waals surface area contributed by atoms with Crippen LogP contribution in [0.3, 0.4) is 0 Å². The number of pyridine rings is 1. The molecule has 1 N–H and O–H groups in total. The van der Waals surface area contributed by atoms with Crippen molar-refractivity contribution in [3.05, 3.63) is 18.0 Å². The summed E-state index contributed by atoms with van der Waals surface area (Å²) in [6.07, 6.45) is 4.74. The van der Waals surface area contributed by atoms with Gasteiger partial charge in [-0.25, -0.2) is 9.78 Å². The maximum atomic E-state index is 13.1. The number of methoxy groups -OCH3 is 2. The zero-order chi connectivity index (χ0) is 26.0. The van der Waals surface area contributed by atoms with E-state index in [9.17, 15) is 14.4 Å². The van der Waals surface area contributed by atoms with Gasteiger partial charge < -0.3 is 29.0 Å². The lowest BCUT2D eigenvalue weighted by atomic mass is 9.86. The van der Waals surface area contributed by atoms with Gasteiger partial charge in [0.25, 0.3) is 5.91 Å². The first kappa shape index (κ1) is 28.4. The van der Waals surface area contributed by atoms with Crippen LogP contribution in [-0.2, 0) is 23.8 Å². The Morgan fingerprint density at radius 1 is 1.26 bits per heavy atom. The maximum Gasteiger partial charge on any atom is 0.329 e. The van der Waals surface area contributed by atoms with Crippen molar-refractivity contribution in [1.82, 2.24) is 10.3 Å². The van der Waals surface area contributed by atoms with Crippen LogP contribution in [0.2, 0.25) is 0 Å². The number of hydrogen-bond donors (Lipinski definition) is 1. The summed E-state index contributed by atoms with van der Waals surface area (Å²) in [5.74, 6) is -0.635. The summed E-state index contributed by atoms with van der Waals surface area (Å²) in [5.41, 5.74) is -0.0956. The van der Waals surface area contributed by atoms with Crippen LogP contribution in [0, 0.1) is 11.8 Å². The highest BCUT2D eigenvalue weighted by atomic mass is 16.7. The Hall–Kier alpha value is -2.88. The van der Waals surface area contributed by atoms with E-state index < -0.39 is 36.8 Å². The number of amides is 1. The SMILES string of the molecule is COc1ccnc(C(=O)NC2CCCC(CCC(C)C)C(OC)C(C)OC2=O)c1OCOC(C)=O. The van der Waals surface area contributed by atoms with Gasteiger partial charge in [-0.3, -0.25) is 9.59 Å². The second-order valence-corrected chi connectivity index (χ2v) is 9.12. The average Bonchev–Trinajstić information content (AvgIpc) is 2.85. The van der Waals surface area contributed by atoms with E-state index in [0.717, 1.165) is 25.7 Å². The van der Waals surface area contributed by atoms with Crippen LogP contribution in [0.5, 0.6) is 11.5 Å². The lowest BCUT2D eigenvalue weighted by Crippen LogP contribution is -2.44. The largest absolute Gasteiger partial charge is 0.493 e. The highest BCUT2D eigenvalue weighted by molar-refractivity contribution is 5.98. The van der Waals surface area contributed by atoms with Crippen molar-refractivity contribution < 1.29 is 38.1 Å². The molecular weight excluding hydrogens is 456 g/mol. The smallest absolute Gasteiger partial charge is 0.329 e. The Labute approximate surface area is 207 Å². The highest BCUT2D eigenvalue weighted by Gasteiger charge is 2.35. The monoisotopic (exact) mass is 494 g/mol. The van der Waals surface area contributed by atoms with Crippen molar-refractivity contribution >= 4 is 17.8 Å². The molecule has 10 heteroatoms. The molecule has 10 nitrogen and oxygen atoms in total. The van der Waals surface area contributed by atoms with Gasteiger partial charge >= 0.3 is 11.9 Å². The van der Waals surface area contributed by atoms with Gasteiger partial charge in [-0.2, -0.15) is 0 Å². The van der Waals surface area contributed by atoms with Crippen LogP contribution < -0.4 is 14.8 Å². The standard InChI is InChI=1S/C25H38N2O8/c1-15(2)10-11-18-8-7-9-19(25(30)35-16(3)22(18)32-6)27-24(29)21-23(34-14-33-17(4)28)20(31-5)12-13-26-21/h12-13,15-16,18-19,22H,7-11,14H2,1-6H3,(H,27,29). The molecular formula is C25H38N2O8. The molecule has 1 aliphatic heterocycles. The first-order valence-corrected chi connectivity index (χ1v) is 12.0. The fourth-order valence-electron chi connectivity index (χ4n) is 4.24.